The van der Waals surface area contributed by atoms with Crippen LogP contribution in [0.4, 0.5) is 9.59 Å². The van der Waals surface area contributed by atoms with Crippen molar-refractivity contribution in [2.75, 3.05) is 26.8 Å². The molecule has 1 unspecified atom stereocenters. The van der Waals surface area contributed by atoms with Crippen LogP contribution >= 0.6 is 0 Å². The lowest BCUT2D eigenvalue weighted by molar-refractivity contribution is -0.144. The maximum Gasteiger partial charge on any atom is 0.410 e. The maximum atomic E-state index is 12.5. The van der Waals surface area contributed by atoms with Crippen molar-refractivity contribution in [3.8, 4) is 0 Å². The maximum absolute atomic E-state index is 12.5. The number of aryl methyl sites for hydroxylation is 3. The Balaban J connectivity index is 1.12. The molecule has 3 aliphatic rings. The van der Waals surface area contributed by atoms with E-state index in [9.17, 15) is 14.4 Å². The molecule has 1 saturated heterocycles. The normalized spacial score (nSPS) is 22.2. The second-order valence-electron chi connectivity index (χ2n) is 12.7. The number of pyridine rings is 1. The number of esters is 1. The number of ether oxygens (including phenoxy) is 4. The Morgan fingerprint density at radius 3 is 2.58 bits per heavy atom. The average molecular weight is 560 g/mol. The van der Waals surface area contributed by atoms with Crippen molar-refractivity contribution in [2.45, 2.75) is 109 Å². The Hall–Kier alpha value is -2.88. The number of aromatic nitrogens is 1. The van der Waals surface area contributed by atoms with E-state index >= 15 is 0 Å². The first-order valence-electron chi connectivity index (χ1n) is 14.6. The van der Waals surface area contributed by atoms with Crippen molar-refractivity contribution in [1.29, 1.82) is 0 Å². The average Bonchev–Trinajstić information content (AvgIpc) is 2.85. The molecule has 10 nitrogen and oxygen atoms in total. The fraction of sp³-hybridized carbons (Fsp3) is 0.733. The second-order valence-corrected chi connectivity index (χ2v) is 12.7. The Labute approximate surface area is 237 Å². The minimum absolute atomic E-state index is 0.166. The fourth-order valence-electron chi connectivity index (χ4n) is 5.59. The highest BCUT2D eigenvalue weighted by Crippen LogP contribution is 2.34. The van der Waals surface area contributed by atoms with E-state index in [2.05, 4.69) is 17.4 Å². The Morgan fingerprint density at radius 1 is 1.15 bits per heavy atom. The number of carbonyl (C=O) groups excluding carboxylic acids is 3. The fourth-order valence-corrected chi connectivity index (χ4v) is 5.59. The van der Waals surface area contributed by atoms with E-state index in [-0.39, 0.29) is 25.6 Å². The summed E-state index contributed by atoms with van der Waals surface area (Å²) >= 11 is 0. The predicted molar refractivity (Wildman–Crippen MR) is 148 cm³/mol. The Kier molecular flexibility index (Phi) is 9.59. The van der Waals surface area contributed by atoms with Gasteiger partial charge in [-0.05, 0) is 96.6 Å². The summed E-state index contributed by atoms with van der Waals surface area (Å²) in [5, 5.41) is 2.60. The number of nitrogens with one attached hydrogen (secondary N) is 1. The third-order valence-electron chi connectivity index (χ3n) is 7.82. The van der Waals surface area contributed by atoms with Crippen molar-refractivity contribution in [1.82, 2.24) is 15.2 Å². The zero-order chi connectivity index (χ0) is 28.9. The number of carbonyl (C=O) groups is 3. The molecule has 1 aromatic heterocycles. The minimum atomic E-state index is -0.880. The van der Waals surface area contributed by atoms with Crippen LogP contribution in [0.15, 0.2) is 12.1 Å². The zero-order valence-corrected chi connectivity index (χ0v) is 24.6. The number of rotatable bonds is 10. The van der Waals surface area contributed by atoms with Crippen molar-refractivity contribution in [3.63, 3.8) is 0 Å². The molecule has 2 amide bonds. The number of hydrogen-bond acceptors (Lipinski definition) is 8. The number of fused-ring (bicyclic) bond motifs is 1. The van der Waals surface area contributed by atoms with Gasteiger partial charge in [0, 0.05) is 24.4 Å². The molecule has 1 aromatic rings. The number of methoxy groups -OCH3 is 1. The standard InChI is InChI=1S/C30H45N3O7/c1-29(2,3)40-28(36)33-18-30(4,19-33)39-27(35)32-25(26(34)37-5)14-15-38-23-16-20(17-23)10-12-22-13-11-21-8-6-7-9-24(21)31-22/h11,13,20,23,25H,6-10,12,14-19H2,1-5H3,(H,32,35). The molecule has 0 spiro atoms. The number of likely N-dealkylation sites (tertiary alicyclic amines) is 1. The molecule has 4 rings (SSSR count). The SMILES string of the molecule is COC(=O)C(CCOC1CC(CCc2ccc3c(n2)CCCC3)C1)NC(=O)OC1(C)CN(C(=O)OC(C)(C)C)C1. The van der Waals surface area contributed by atoms with Gasteiger partial charge in [0.05, 0.1) is 26.3 Å². The van der Waals surface area contributed by atoms with Gasteiger partial charge < -0.3 is 29.2 Å². The van der Waals surface area contributed by atoms with Crippen LogP contribution in [-0.2, 0) is 43.0 Å². The van der Waals surface area contributed by atoms with E-state index in [4.69, 9.17) is 23.9 Å². The summed E-state index contributed by atoms with van der Waals surface area (Å²) in [6.07, 6.45) is 8.13. The van der Waals surface area contributed by atoms with Crippen LogP contribution in [0, 0.1) is 5.92 Å². The monoisotopic (exact) mass is 559 g/mol. The lowest BCUT2D eigenvalue weighted by Gasteiger charge is -2.46. The van der Waals surface area contributed by atoms with Crippen LogP contribution in [0.1, 0.15) is 83.2 Å². The first kappa shape index (κ1) is 30.1. The number of alkyl carbamates (subject to hydrolysis) is 1. The molecule has 0 aromatic carbocycles. The van der Waals surface area contributed by atoms with Crippen LogP contribution < -0.4 is 5.32 Å². The van der Waals surface area contributed by atoms with E-state index in [1.807, 2.05) is 0 Å². The zero-order valence-electron chi connectivity index (χ0n) is 24.6. The van der Waals surface area contributed by atoms with Gasteiger partial charge >= 0.3 is 18.2 Å². The molecule has 1 saturated carbocycles. The lowest BCUT2D eigenvalue weighted by Crippen LogP contribution is -2.65. The topological polar surface area (TPSA) is 116 Å². The summed E-state index contributed by atoms with van der Waals surface area (Å²) in [6.45, 7) is 7.87. The van der Waals surface area contributed by atoms with E-state index in [1.54, 1.807) is 27.7 Å². The van der Waals surface area contributed by atoms with Crippen LogP contribution in [0.2, 0.25) is 0 Å². The molecule has 40 heavy (non-hydrogen) atoms. The van der Waals surface area contributed by atoms with Crippen molar-refractivity contribution in [2.24, 2.45) is 5.92 Å². The summed E-state index contributed by atoms with van der Waals surface area (Å²) in [6, 6.07) is 3.56. The first-order chi connectivity index (χ1) is 18.9. The minimum Gasteiger partial charge on any atom is -0.467 e. The Morgan fingerprint density at radius 2 is 1.88 bits per heavy atom. The molecule has 1 N–H and O–H groups in total. The van der Waals surface area contributed by atoms with Crippen molar-refractivity contribution >= 4 is 18.2 Å². The number of hydrogen-bond donors (Lipinski definition) is 1. The lowest BCUT2D eigenvalue weighted by atomic mass is 9.79. The van der Waals surface area contributed by atoms with Gasteiger partial charge in [-0.2, -0.15) is 0 Å². The molecule has 1 atom stereocenters. The second kappa shape index (κ2) is 12.7. The molecule has 2 fully saturated rings. The summed E-state index contributed by atoms with van der Waals surface area (Å²) in [5.74, 6) is 0.0644. The number of nitrogens with zero attached hydrogens (tertiary/aromatic N) is 2. The highest BCUT2D eigenvalue weighted by molar-refractivity contribution is 5.81. The highest BCUT2D eigenvalue weighted by atomic mass is 16.6. The van der Waals surface area contributed by atoms with Gasteiger partial charge in [0.2, 0.25) is 0 Å². The molecule has 2 heterocycles. The van der Waals surface area contributed by atoms with E-state index < -0.39 is 35.4 Å². The van der Waals surface area contributed by atoms with Gasteiger partial charge in [-0.15, -0.1) is 0 Å². The highest BCUT2D eigenvalue weighted by Gasteiger charge is 2.46. The number of amides is 2. The molecule has 2 aliphatic carbocycles. The van der Waals surface area contributed by atoms with Gasteiger partial charge in [-0.1, -0.05) is 6.07 Å². The van der Waals surface area contributed by atoms with Crippen molar-refractivity contribution < 1.29 is 33.3 Å². The smallest absolute Gasteiger partial charge is 0.410 e. The molecular formula is C30H45N3O7. The molecule has 10 heteroatoms. The predicted octanol–water partition coefficient (Wildman–Crippen LogP) is 4.36. The van der Waals surface area contributed by atoms with Crippen LogP contribution in [-0.4, -0.2) is 78.2 Å². The van der Waals surface area contributed by atoms with Gasteiger partial charge in [0.15, 0.2) is 0 Å². The quantitative estimate of drug-likeness (QED) is 0.332. The van der Waals surface area contributed by atoms with E-state index in [0.717, 1.165) is 38.5 Å². The van der Waals surface area contributed by atoms with E-state index in [0.29, 0.717) is 12.5 Å². The van der Waals surface area contributed by atoms with Gasteiger partial charge in [-0.25, -0.2) is 14.4 Å². The summed E-state index contributed by atoms with van der Waals surface area (Å²) in [4.78, 5) is 43.3. The molecule has 0 bridgehead atoms. The van der Waals surface area contributed by atoms with Crippen LogP contribution in [0.5, 0.6) is 0 Å². The molecule has 1 aliphatic heterocycles. The summed E-state index contributed by atoms with van der Waals surface area (Å²) in [7, 11) is 1.28. The summed E-state index contributed by atoms with van der Waals surface area (Å²) < 4.78 is 21.7. The van der Waals surface area contributed by atoms with Crippen molar-refractivity contribution in [3.05, 3.63) is 29.1 Å². The molecule has 0 radical (unpaired) electrons. The van der Waals surface area contributed by atoms with Crippen LogP contribution in [0.25, 0.3) is 0 Å². The third kappa shape index (κ3) is 8.32. The van der Waals surface area contributed by atoms with Gasteiger partial charge in [-0.3, -0.25) is 4.98 Å². The van der Waals surface area contributed by atoms with Gasteiger partial charge in [0.1, 0.15) is 17.2 Å². The first-order valence-corrected chi connectivity index (χ1v) is 14.6. The molecular weight excluding hydrogens is 514 g/mol. The van der Waals surface area contributed by atoms with Crippen LogP contribution in [0.3, 0.4) is 0 Å². The Bertz CT molecular complexity index is 1060. The molecule has 222 valence electrons. The third-order valence-corrected chi connectivity index (χ3v) is 7.82. The summed E-state index contributed by atoms with van der Waals surface area (Å²) in [5.41, 5.74) is 2.45. The van der Waals surface area contributed by atoms with E-state index in [1.165, 1.54) is 41.8 Å². The van der Waals surface area contributed by atoms with Gasteiger partial charge in [0.25, 0.3) is 0 Å². The largest absolute Gasteiger partial charge is 0.467 e.